The minimum Gasteiger partial charge on any atom is -0.465 e. The van der Waals surface area contributed by atoms with Gasteiger partial charge >= 0.3 is 5.97 Å². The van der Waals surface area contributed by atoms with Crippen molar-refractivity contribution in [2.24, 2.45) is 0 Å². The third kappa shape index (κ3) is 3.21. The molecule has 0 radical (unpaired) electrons. The molecule has 0 aliphatic carbocycles. The zero-order valence-electron chi connectivity index (χ0n) is 11.2. The molecule has 2 rings (SSSR count). The average molecular weight is 290 g/mol. The highest BCUT2D eigenvalue weighted by atomic mass is 32.1. The summed E-state index contributed by atoms with van der Waals surface area (Å²) in [5, 5.41) is 4.56. The van der Waals surface area contributed by atoms with Crippen molar-refractivity contribution in [3.63, 3.8) is 0 Å². The quantitative estimate of drug-likeness (QED) is 0.878. The summed E-state index contributed by atoms with van der Waals surface area (Å²) in [5.74, 6) is -0.661. The van der Waals surface area contributed by atoms with Crippen LogP contribution in [0.1, 0.15) is 20.9 Å². The van der Waals surface area contributed by atoms with Gasteiger partial charge in [-0.2, -0.15) is 0 Å². The summed E-state index contributed by atoms with van der Waals surface area (Å²) in [6, 6.07) is 5.40. The van der Waals surface area contributed by atoms with E-state index in [1.165, 1.54) is 18.4 Å². The largest absolute Gasteiger partial charge is 0.465 e. The Labute approximate surface area is 120 Å². The van der Waals surface area contributed by atoms with Crippen LogP contribution in [0.25, 0.3) is 0 Å². The van der Waals surface area contributed by atoms with Crippen LogP contribution in [-0.2, 0) is 16.0 Å². The van der Waals surface area contributed by atoms with E-state index in [-0.39, 0.29) is 12.3 Å². The van der Waals surface area contributed by atoms with Crippen molar-refractivity contribution in [2.45, 2.75) is 13.3 Å². The molecule has 5 nitrogen and oxygen atoms in total. The molecule has 0 unspecified atom stereocenters. The van der Waals surface area contributed by atoms with Crippen LogP contribution in [-0.4, -0.2) is 24.0 Å². The molecule has 0 saturated heterocycles. The summed E-state index contributed by atoms with van der Waals surface area (Å²) in [4.78, 5) is 28.1. The van der Waals surface area contributed by atoms with Gasteiger partial charge in [-0.3, -0.25) is 9.78 Å². The molecular weight excluding hydrogens is 276 g/mol. The number of nitrogens with one attached hydrogen (secondary N) is 1. The van der Waals surface area contributed by atoms with Crippen molar-refractivity contribution in [1.29, 1.82) is 0 Å². The van der Waals surface area contributed by atoms with Gasteiger partial charge in [0.1, 0.15) is 4.88 Å². The maximum absolute atomic E-state index is 12.0. The Morgan fingerprint density at radius 1 is 1.40 bits per heavy atom. The molecule has 1 N–H and O–H groups in total. The first-order chi connectivity index (χ1) is 9.61. The Kier molecular flexibility index (Phi) is 4.47. The molecule has 2 heterocycles. The van der Waals surface area contributed by atoms with E-state index in [1.807, 2.05) is 18.4 Å². The van der Waals surface area contributed by atoms with E-state index in [2.05, 4.69) is 10.3 Å². The summed E-state index contributed by atoms with van der Waals surface area (Å²) in [6.45, 7) is 1.83. The van der Waals surface area contributed by atoms with Gasteiger partial charge in [-0.15, -0.1) is 11.3 Å². The van der Waals surface area contributed by atoms with Crippen LogP contribution in [0.3, 0.4) is 0 Å². The molecule has 0 atom stereocenters. The lowest BCUT2D eigenvalue weighted by Gasteiger charge is -2.07. The highest BCUT2D eigenvalue weighted by Crippen LogP contribution is 2.28. The summed E-state index contributed by atoms with van der Waals surface area (Å²) >= 11 is 1.25. The lowest BCUT2D eigenvalue weighted by molar-refractivity contribution is -0.115. The van der Waals surface area contributed by atoms with E-state index in [1.54, 1.807) is 18.3 Å². The summed E-state index contributed by atoms with van der Waals surface area (Å²) in [6.07, 6.45) is 1.80. The number of ether oxygens (including phenoxy) is 1. The molecular formula is C14H14N2O3S. The number of carbonyl (C=O) groups excluding carboxylic acids is 2. The third-order valence-corrected chi connectivity index (χ3v) is 3.76. The Hall–Kier alpha value is -2.21. The van der Waals surface area contributed by atoms with E-state index in [0.29, 0.717) is 16.3 Å². The first kappa shape index (κ1) is 14.2. The number of anilines is 1. The molecule has 2 aromatic rings. The molecule has 1 amide bonds. The van der Waals surface area contributed by atoms with Gasteiger partial charge in [0, 0.05) is 11.9 Å². The molecule has 0 aliphatic heterocycles. The van der Waals surface area contributed by atoms with Gasteiger partial charge in [0.25, 0.3) is 0 Å². The van der Waals surface area contributed by atoms with Gasteiger partial charge in [0.05, 0.1) is 19.2 Å². The second-order valence-electron chi connectivity index (χ2n) is 4.16. The van der Waals surface area contributed by atoms with Crippen LogP contribution < -0.4 is 5.32 Å². The van der Waals surface area contributed by atoms with Crippen LogP contribution in [0, 0.1) is 6.92 Å². The zero-order chi connectivity index (χ0) is 14.5. The molecule has 0 bridgehead atoms. The van der Waals surface area contributed by atoms with Crippen molar-refractivity contribution in [1.82, 2.24) is 4.98 Å². The number of carbonyl (C=O) groups is 2. The number of esters is 1. The van der Waals surface area contributed by atoms with E-state index >= 15 is 0 Å². The Balaban J connectivity index is 2.12. The summed E-state index contributed by atoms with van der Waals surface area (Å²) in [7, 11) is 1.32. The molecule has 0 fully saturated rings. The van der Waals surface area contributed by atoms with E-state index in [0.717, 1.165) is 5.56 Å². The summed E-state index contributed by atoms with van der Waals surface area (Å²) in [5.41, 5.74) is 2.03. The van der Waals surface area contributed by atoms with Gasteiger partial charge < -0.3 is 10.1 Å². The number of rotatable bonds is 4. The maximum Gasteiger partial charge on any atom is 0.350 e. The predicted octanol–water partition coefficient (Wildman–Crippen LogP) is 2.42. The van der Waals surface area contributed by atoms with Gasteiger partial charge in [-0.05, 0) is 30.0 Å². The minimum atomic E-state index is -0.448. The van der Waals surface area contributed by atoms with Gasteiger partial charge in [-0.25, -0.2) is 4.79 Å². The third-order valence-electron chi connectivity index (χ3n) is 2.68. The fourth-order valence-electron chi connectivity index (χ4n) is 1.69. The number of aryl methyl sites for hydroxylation is 1. The van der Waals surface area contributed by atoms with Gasteiger partial charge in [-0.1, -0.05) is 6.07 Å². The van der Waals surface area contributed by atoms with E-state index in [4.69, 9.17) is 4.74 Å². The second-order valence-corrected chi connectivity index (χ2v) is 5.04. The monoisotopic (exact) mass is 290 g/mol. The zero-order valence-corrected chi connectivity index (χ0v) is 12.0. The topological polar surface area (TPSA) is 68.3 Å². The van der Waals surface area contributed by atoms with Gasteiger partial charge in [0.15, 0.2) is 0 Å². The number of aromatic nitrogens is 1. The number of pyridine rings is 1. The highest BCUT2D eigenvalue weighted by Gasteiger charge is 2.18. The molecule has 0 saturated carbocycles. The van der Waals surface area contributed by atoms with E-state index in [9.17, 15) is 9.59 Å². The SMILES string of the molecule is COC(=O)c1scc(C)c1NC(=O)Cc1ccccn1. The van der Waals surface area contributed by atoms with Crippen molar-refractivity contribution < 1.29 is 14.3 Å². The fourth-order valence-corrected chi connectivity index (χ4v) is 2.62. The minimum absolute atomic E-state index is 0.163. The lowest BCUT2D eigenvalue weighted by Crippen LogP contribution is -2.17. The number of nitrogens with zero attached hydrogens (tertiary/aromatic N) is 1. The van der Waals surface area contributed by atoms with Crippen molar-refractivity contribution in [2.75, 3.05) is 12.4 Å². The Morgan fingerprint density at radius 3 is 2.85 bits per heavy atom. The molecule has 104 valence electrons. The van der Waals surface area contributed by atoms with Crippen molar-refractivity contribution in [3.05, 3.63) is 45.9 Å². The number of amides is 1. The molecule has 6 heteroatoms. The fraction of sp³-hybridized carbons (Fsp3) is 0.214. The molecule has 0 spiro atoms. The molecule has 20 heavy (non-hydrogen) atoms. The lowest BCUT2D eigenvalue weighted by atomic mass is 10.2. The van der Waals surface area contributed by atoms with Crippen LogP contribution >= 0.6 is 11.3 Å². The smallest absolute Gasteiger partial charge is 0.350 e. The standard InChI is InChI=1S/C14H14N2O3S/c1-9-8-20-13(14(18)19-2)12(9)16-11(17)7-10-5-3-4-6-15-10/h3-6,8H,7H2,1-2H3,(H,16,17). The predicted molar refractivity (Wildman–Crippen MR) is 77.0 cm³/mol. The molecule has 0 aromatic carbocycles. The molecule has 0 aliphatic rings. The highest BCUT2D eigenvalue weighted by molar-refractivity contribution is 7.12. The number of hydrogen-bond donors (Lipinski definition) is 1. The molecule has 2 aromatic heterocycles. The average Bonchev–Trinajstić information content (AvgIpc) is 2.80. The van der Waals surface area contributed by atoms with Crippen LogP contribution in [0.4, 0.5) is 5.69 Å². The Bertz CT molecular complexity index is 623. The van der Waals surface area contributed by atoms with Crippen LogP contribution in [0.5, 0.6) is 0 Å². The normalized spacial score (nSPS) is 10.1. The number of hydrogen-bond acceptors (Lipinski definition) is 5. The van der Waals surface area contributed by atoms with E-state index < -0.39 is 5.97 Å². The maximum atomic E-state index is 12.0. The van der Waals surface area contributed by atoms with Crippen molar-refractivity contribution >= 4 is 28.9 Å². The number of methoxy groups -OCH3 is 1. The first-order valence-electron chi connectivity index (χ1n) is 5.98. The number of thiophene rings is 1. The Morgan fingerprint density at radius 2 is 2.20 bits per heavy atom. The summed E-state index contributed by atoms with van der Waals surface area (Å²) < 4.78 is 4.70. The second kappa shape index (κ2) is 6.29. The van der Waals surface area contributed by atoms with Crippen LogP contribution in [0.2, 0.25) is 0 Å². The van der Waals surface area contributed by atoms with Crippen molar-refractivity contribution in [3.8, 4) is 0 Å². The van der Waals surface area contributed by atoms with Gasteiger partial charge in [0.2, 0.25) is 5.91 Å². The first-order valence-corrected chi connectivity index (χ1v) is 6.86. The van der Waals surface area contributed by atoms with Crippen LogP contribution in [0.15, 0.2) is 29.8 Å².